The number of hydrogen-bond donors (Lipinski definition) is 2. The molecule has 0 radical (unpaired) electrons. The van der Waals surface area contributed by atoms with E-state index in [1.165, 1.54) is 0 Å². The number of nitrogens with zero attached hydrogens (tertiary/aromatic N) is 4. The van der Waals surface area contributed by atoms with Gasteiger partial charge in [0, 0.05) is 36.8 Å². The van der Waals surface area contributed by atoms with Crippen LogP contribution in [0.1, 0.15) is 54.8 Å². The van der Waals surface area contributed by atoms with E-state index in [9.17, 15) is 9.90 Å². The molecule has 0 bridgehead atoms. The number of aryl methyl sites for hydroxylation is 3. The second-order valence-electron chi connectivity index (χ2n) is 11.3. The molecule has 3 aromatic rings. The molecule has 1 unspecified atom stereocenters. The number of aliphatic hydroxyl groups excluding tert-OH is 1. The van der Waals surface area contributed by atoms with E-state index in [4.69, 9.17) is 19.2 Å². The summed E-state index contributed by atoms with van der Waals surface area (Å²) in [7, 11) is 1.80. The summed E-state index contributed by atoms with van der Waals surface area (Å²) in [5.41, 5.74) is 5.48. The van der Waals surface area contributed by atoms with Crippen LogP contribution in [0.4, 0.5) is 0 Å². The van der Waals surface area contributed by atoms with Gasteiger partial charge in [-0.05, 0) is 90.0 Å². The number of rotatable bonds is 11. The number of carbonyl (C=O) groups is 1. The summed E-state index contributed by atoms with van der Waals surface area (Å²) < 4.78 is 11.3. The fourth-order valence-electron chi connectivity index (χ4n) is 5.58. The number of benzene rings is 1. The predicted molar refractivity (Wildman–Crippen MR) is 153 cm³/mol. The molecule has 1 aliphatic heterocycles. The molecule has 2 fully saturated rings. The number of nitrogens with one attached hydrogen (secondary N) is 1. The van der Waals surface area contributed by atoms with Crippen molar-refractivity contribution in [1.82, 2.24) is 25.3 Å². The van der Waals surface area contributed by atoms with E-state index < -0.39 is 6.10 Å². The van der Waals surface area contributed by atoms with Gasteiger partial charge >= 0.3 is 0 Å². The van der Waals surface area contributed by atoms with Crippen molar-refractivity contribution >= 4 is 5.91 Å². The summed E-state index contributed by atoms with van der Waals surface area (Å²) in [6.07, 6.45) is 5.49. The molecular formula is C31H41N5O4. The maximum atomic E-state index is 12.5. The topological polar surface area (TPSA) is 114 Å². The molecule has 9 nitrogen and oxygen atoms in total. The first kappa shape index (κ1) is 28.2. The van der Waals surface area contributed by atoms with Crippen LogP contribution in [0.15, 0.2) is 28.8 Å². The smallest absolute Gasteiger partial charge is 0.225 e. The van der Waals surface area contributed by atoms with Gasteiger partial charge in [0.05, 0.1) is 17.0 Å². The summed E-state index contributed by atoms with van der Waals surface area (Å²) in [6, 6.07) is 7.70. The molecule has 1 atom stereocenters. The first-order valence-corrected chi connectivity index (χ1v) is 14.5. The molecule has 1 saturated heterocycles. The highest BCUT2D eigenvalue weighted by atomic mass is 16.5. The van der Waals surface area contributed by atoms with Gasteiger partial charge in [0.1, 0.15) is 24.2 Å². The molecule has 2 N–H and O–H groups in total. The summed E-state index contributed by atoms with van der Waals surface area (Å²) in [5, 5.41) is 17.2. The standard InChI is InChI=1S/C31H41N5O4/c1-19-27(11-8-22-12-14-36(15-13-22)31(38)23-9-10-23)33-30(34-29(19)28-20(2)35-40-21(28)3)24-6-5-7-26(16-24)39-18-25(37)17-32-4/h5-7,16,22-23,25,32,37H,8-15,17-18H2,1-4H3. The molecule has 1 saturated carbocycles. The van der Waals surface area contributed by atoms with Gasteiger partial charge in [-0.15, -0.1) is 0 Å². The third-order valence-corrected chi connectivity index (χ3v) is 8.13. The van der Waals surface area contributed by atoms with Crippen LogP contribution in [-0.2, 0) is 11.2 Å². The minimum absolute atomic E-state index is 0.194. The highest BCUT2D eigenvalue weighted by Gasteiger charge is 2.35. The normalized spacial score (nSPS) is 16.8. The van der Waals surface area contributed by atoms with E-state index in [-0.39, 0.29) is 6.61 Å². The van der Waals surface area contributed by atoms with E-state index in [1.807, 2.05) is 38.1 Å². The number of aromatic nitrogens is 3. The van der Waals surface area contributed by atoms with Crippen molar-refractivity contribution < 1.29 is 19.2 Å². The Morgan fingerprint density at radius 2 is 1.95 bits per heavy atom. The van der Waals surface area contributed by atoms with Crippen LogP contribution in [-0.4, -0.2) is 70.4 Å². The fraction of sp³-hybridized carbons (Fsp3) is 0.548. The Morgan fingerprint density at radius 1 is 1.18 bits per heavy atom. The van der Waals surface area contributed by atoms with Gasteiger partial charge in [-0.2, -0.15) is 0 Å². The Kier molecular flexibility index (Phi) is 8.81. The van der Waals surface area contributed by atoms with E-state index in [2.05, 4.69) is 22.3 Å². The highest BCUT2D eigenvalue weighted by molar-refractivity contribution is 5.81. The van der Waals surface area contributed by atoms with E-state index >= 15 is 0 Å². The number of hydrogen-bond acceptors (Lipinski definition) is 8. The van der Waals surface area contributed by atoms with E-state index in [1.54, 1.807) is 7.05 Å². The number of piperidine rings is 1. The van der Waals surface area contributed by atoms with Gasteiger partial charge in [0.2, 0.25) is 5.91 Å². The number of ether oxygens (including phenoxy) is 1. The van der Waals surface area contributed by atoms with Crippen molar-refractivity contribution in [3.63, 3.8) is 0 Å². The first-order valence-electron chi connectivity index (χ1n) is 14.5. The summed E-state index contributed by atoms with van der Waals surface area (Å²) in [6.45, 7) is 8.33. The van der Waals surface area contributed by atoms with Crippen molar-refractivity contribution in [2.75, 3.05) is 33.3 Å². The summed E-state index contributed by atoms with van der Waals surface area (Å²) >= 11 is 0. The lowest BCUT2D eigenvalue weighted by atomic mass is 9.90. The second kappa shape index (κ2) is 12.5. The third kappa shape index (κ3) is 6.53. The Labute approximate surface area is 236 Å². The molecule has 214 valence electrons. The molecular weight excluding hydrogens is 506 g/mol. The average molecular weight is 548 g/mol. The predicted octanol–water partition coefficient (Wildman–Crippen LogP) is 4.26. The Balaban J connectivity index is 1.37. The molecule has 0 spiro atoms. The van der Waals surface area contributed by atoms with Crippen molar-refractivity contribution in [2.24, 2.45) is 11.8 Å². The Morgan fingerprint density at radius 3 is 2.62 bits per heavy atom. The van der Waals surface area contributed by atoms with Crippen molar-refractivity contribution in [3.05, 3.63) is 47.0 Å². The van der Waals surface area contributed by atoms with Crippen LogP contribution in [0, 0.1) is 32.6 Å². The molecule has 9 heteroatoms. The molecule has 5 rings (SSSR count). The minimum Gasteiger partial charge on any atom is -0.491 e. The lowest BCUT2D eigenvalue weighted by molar-refractivity contribution is -0.133. The number of aliphatic hydroxyl groups is 1. The van der Waals surface area contributed by atoms with Gasteiger partial charge in [-0.25, -0.2) is 9.97 Å². The third-order valence-electron chi connectivity index (χ3n) is 8.13. The fourth-order valence-corrected chi connectivity index (χ4v) is 5.58. The van der Waals surface area contributed by atoms with Crippen molar-refractivity contribution in [2.45, 2.75) is 65.4 Å². The molecule has 1 aromatic carbocycles. The minimum atomic E-state index is -0.597. The van der Waals surface area contributed by atoms with Gasteiger partial charge in [-0.3, -0.25) is 4.79 Å². The summed E-state index contributed by atoms with van der Waals surface area (Å²) in [4.78, 5) is 24.6. The molecule has 2 aromatic heterocycles. The number of likely N-dealkylation sites (N-methyl/N-ethyl adjacent to an activating group) is 1. The van der Waals surface area contributed by atoms with Crippen LogP contribution in [0.5, 0.6) is 5.75 Å². The van der Waals surface area contributed by atoms with Gasteiger partial charge in [-0.1, -0.05) is 17.3 Å². The monoisotopic (exact) mass is 547 g/mol. The number of amides is 1. The molecule has 2 aliphatic rings. The molecule has 1 aliphatic carbocycles. The zero-order valence-electron chi connectivity index (χ0n) is 24.1. The van der Waals surface area contributed by atoms with Gasteiger partial charge < -0.3 is 24.6 Å². The quantitative estimate of drug-likeness (QED) is 0.366. The Hall–Kier alpha value is -3.30. The van der Waals surface area contributed by atoms with Crippen LogP contribution >= 0.6 is 0 Å². The zero-order chi connectivity index (χ0) is 28.2. The second-order valence-corrected chi connectivity index (χ2v) is 11.3. The lowest BCUT2D eigenvalue weighted by Gasteiger charge is -2.32. The molecule has 1 amide bonds. The molecule has 40 heavy (non-hydrogen) atoms. The van der Waals surface area contributed by atoms with E-state index in [0.29, 0.717) is 35.9 Å². The van der Waals surface area contributed by atoms with Gasteiger partial charge in [0.25, 0.3) is 0 Å². The highest BCUT2D eigenvalue weighted by Crippen LogP contribution is 2.35. The lowest BCUT2D eigenvalue weighted by Crippen LogP contribution is -2.39. The van der Waals surface area contributed by atoms with Crippen molar-refractivity contribution in [1.29, 1.82) is 0 Å². The Bertz CT molecular complexity index is 1310. The van der Waals surface area contributed by atoms with Crippen LogP contribution < -0.4 is 10.1 Å². The van der Waals surface area contributed by atoms with Crippen LogP contribution in [0.25, 0.3) is 22.6 Å². The van der Waals surface area contributed by atoms with Crippen LogP contribution in [0.2, 0.25) is 0 Å². The molecule has 3 heterocycles. The average Bonchev–Trinajstić information content (AvgIpc) is 3.76. The van der Waals surface area contributed by atoms with Gasteiger partial charge in [0.15, 0.2) is 5.82 Å². The maximum Gasteiger partial charge on any atom is 0.225 e. The van der Waals surface area contributed by atoms with Crippen molar-refractivity contribution in [3.8, 4) is 28.4 Å². The number of likely N-dealkylation sites (tertiary alicyclic amines) is 1. The maximum absolute atomic E-state index is 12.5. The first-order chi connectivity index (χ1) is 19.3. The van der Waals surface area contributed by atoms with Crippen LogP contribution in [0.3, 0.4) is 0 Å². The SMILES string of the molecule is CNCC(O)COc1cccc(-c2nc(CCC3CCN(C(=O)C4CC4)CC3)c(C)c(-c3c(C)noc3C)n2)c1. The largest absolute Gasteiger partial charge is 0.491 e. The zero-order valence-corrected chi connectivity index (χ0v) is 24.1. The number of carbonyl (C=O) groups excluding carboxylic acids is 1. The summed E-state index contributed by atoms with van der Waals surface area (Å²) in [5.74, 6) is 3.25. The van der Waals surface area contributed by atoms with E-state index in [0.717, 1.165) is 91.1 Å².